The van der Waals surface area contributed by atoms with Crippen LogP contribution in [0.2, 0.25) is 0 Å². The number of nitrogens with zero attached hydrogens (tertiary/aromatic N) is 3. The van der Waals surface area contributed by atoms with Crippen molar-refractivity contribution in [2.24, 2.45) is 14.1 Å². The molecular weight excluding hydrogens is 213 g/mol. The van der Waals surface area contributed by atoms with Gasteiger partial charge in [-0.15, -0.1) is 0 Å². The zero-order valence-corrected chi connectivity index (χ0v) is 9.25. The molecule has 1 aromatic carbocycles. The second-order valence-electron chi connectivity index (χ2n) is 3.30. The Labute approximate surface area is 91.8 Å². The lowest BCUT2D eigenvalue weighted by molar-refractivity contribution is 0.628. The molecule has 0 saturated carbocycles. The molecule has 0 aliphatic rings. The van der Waals surface area contributed by atoms with Crippen molar-refractivity contribution in [1.29, 1.82) is 0 Å². The molecule has 0 bridgehead atoms. The van der Waals surface area contributed by atoms with E-state index in [1.165, 1.54) is 12.1 Å². The highest BCUT2D eigenvalue weighted by Crippen LogP contribution is 2.16. The number of aromatic nitrogens is 3. The molecule has 15 heavy (non-hydrogen) atoms. The minimum absolute atomic E-state index is 0.254. The van der Waals surface area contributed by atoms with Gasteiger partial charge in [-0.1, -0.05) is 0 Å². The van der Waals surface area contributed by atoms with E-state index in [0.717, 1.165) is 11.4 Å². The Morgan fingerprint density at radius 3 is 2.27 bits per heavy atom. The van der Waals surface area contributed by atoms with E-state index in [2.05, 4.69) is 5.10 Å². The Morgan fingerprint density at radius 2 is 1.80 bits per heavy atom. The number of aryl methyl sites for hydroxylation is 1. The Bertz CT molecular complexity index is 539. The van der Waals surface area contributed by atoms with Crippen LogP contribution in [0, 0.1) is 10.6 Å². The van der Waals surface area contributed by atoms with Crippen molar-refractivity contribution in [3.63, 3.8) is 0 Å². The van der Waals surface area contributed by atoms with Crippen molar-refractivity contribution >= 4 is 12.2 Å². The third kappa shape index (κ3) is 1.70. The van der Waals surface area contributed by atoms with Gasteiger partial charge in [0, 0.05) is 19.7 Å². The maximum atomic E-state index is 12.7. The molecule has 0 unspecified atom stereocenters. The molecule has 1 heterocycles. The predicted octanol–water partition coefficient (Wildman–Crippen LogP) is 2.29. The van der Waals surface area contributed by atoms with Gasteiger partial charge in [-0.3, -0.25) is 0 Å². The molecule has 0 aliphatic carbocycles. The number of hydrogen-bond donors (Lipinski definition) is 0. The Kier molecular flexibility index (Phi) is 2.40. The zero-order valence-electron chi connectivity index (χ0n) is 8.44. The molecule has 0 saturated heterocycles. The summed E-state index contributed by atoms with van der Waals surface area (Å²) in [4.78, 5) is 0. The van der Waals surface area contributed by atoms with E-state index >= 15 is 0 Å². The molecule has 78 valence electrons. The monoisotopic (exact) mass is 223 g/mol. The SMILES string of the molecule is Cn1nc(-c2ccc(F)cc2)n(C)c1=S. The molecule has 0 spiro atoms. The van der Waals surface area contributed by atoms with Crippen LogP contribution in [0.3, 0.4) is 0 Å². The summed E-state index contributed by atoms with van der Waals surface area (Å²) in [7, 11) is 3.63. The lowest BCUT2D eigenvalue weighted by Gasteiger charge is -1.99. The van der Waals surface area contributed by atoms with Crippen LogP contribution in [-0.4, -0.2) is 14.3 Å². The minimum Gasteiger partial charge on any atom is -0.303 e. The highest BCUT2D eigenvalue weighted by molar-refractivity contribution is 7.71. The van der Waals surface area contributed by atoms with Gasteiger partial charge in [0.1, 0.15) is 5.82 Å². The van der Waals surface area contributed by atoms with Gasteiger partial charge in [-0.2, -0.15) is 5.10 Å². The van der Waals surface area contributed by atoms with Crippen molar-refractivity contribution in [3.8, 4) is 11.4 Å². The second-order valence-corrected chi connectivity index (χ2v) is 3.66. The molecule has 0 aliphatic heterocycles. The zero-order chi connectivity index (χ0) is 11.0. The number of rotatable bonds is 1. The number of benzene rings is 1. The molecule has 0 atom stereocenters. The molecule has 0 radical (unpaired) electrons. The summed E-state index contributed by atoms with van der Waals surface area (Å²) in [5, 5.41) is 4.26. The first-order valence-corrected chi connectivity index (χ1v) is 4.86. The van der Waals surface area contributed by atoms with Crippen LogP contribution in [0.4, 0.5) is 4.39 Å². The largest absolute Gasteiger partial charge is 0.303 e. The Hall–Kier alpha value is -1.49. The van der Waals surface area contributed by atoms with Crippen LogP contribution in [0.15, 0.2) is 24.3 Å². The number of hydrogen-bond acceptors (Lipinski definition) is 2. The summed E-state index contributed by atoms with van der Waals surface area (Å²) >= 11 is 5.13. The van der Waals surface area contributed by atoms with Crippen LogP contribution >= 0.6 is 12.2 Å². The first kappa shape index (κ1) is 10.0. The van der Waals surface area contributed by atoms with Crippen LogP contribution < -0.4 is 0 Å². The summed E-state index contributed by atoms with van der Waals surface area (Å²) in [6.45, 7) is 0. The van der Waals surface area contributed by atoms with Gasteiger partial charge in [-0.05, 0) is 36.5 Å². The summed E-state index contributed by atoms with van der Waals surface area (Å²) < 4.78 is 16.8. The van der Waals surface area contributed by atoms with E-state index < -0.39 is 0 Å². The van der Waals surface area contributed by atoms with Gasteiger partial charge in [-0.25, -0.2) is 9.07 Å². The van der Waals surface area contributed by atoms with E-state index in [1.54, 1.807) is 28.4 Å². The molecule has 5 heteroatoms. The standard InChI is InChI=1S/C10H10FN3S/c1-13-9(12-14(2)10(13)15)7-3-5-8(11)6-4-7/h3-6H,1-2H3. The molecular formula is C10H10FN3S. The third-order valence-electron chi connectivity index (χ3n) is 2.23. The van der Waals surface area contributed by atoms with E-state index in [9.17, 15) is 4.39 Å². The van der Waals surface area contributed by atoms with Crippen LogP contribution in [0.5, 0.6) is 0 Å². The van der Waals surface area contributed by atoms with E-state index in [-0.39, 0.29) is 5.82 Å². The van der Waals surface area contributed by atoms with Crippen molar-refractivity contribution in [2.75, 3.05) is 0 Å². The Balaban J connectivity index is 2.59. The van der Waals surface area contributed by atoms with Gasteiger partial charge in [0.25, 0.3) is 0 Å². The molecule has 2 aromatic rings. The summed E-state index contributed by atoms with van der Waals surface area (Å²) in [6.07, 6.45) is 0. The first-order chi connectivity index (χ1) is 7.09. The molecule has 3 nitrogen and oxygen atoms in total. The van der Waals surface area contributed by atoms with Crippen LogP contribution in [0.1, 0.15) is 0 Å². The maximum Gasteiger partial charge on any atom is 0.197 e. The van der Waals surface area contributed by atoms with Gasteiger partial charge in [0.05, 0.1) is 0 Å². The lowest BCUT2D eigenvalue weighted by atomic mass is 10.2. The van der Waals surface area contributed by atoms with Gasteiger partial charge in [0.2, 0.25) is 0 Å². The summed E-state index contributed by atoms with van der Waals surface area (Å²) in [5.41, 5.74) is 0.852. The van der Waals surface area contributed by atoms with Crippen molar-refractivity contribution in [3.05, 3.63) is 34.9 Å². The smallest absolute Gasteiger partial charge is 0.197 e. The van der Waals surface area contributed by atoms with Crippen molar-refractivity contribution in [2.45, 2.75) is 0 Å². The quantitative estimate of drug-likeness (QED) is 0.692. The normalized spacial score (nSPS) is 10.6. The molecule has 0 amide bonds. The summed E-state index contributed by atoms with van der Waals surface area (Å²) in [6, 6.07) is 6.19. The average Bonchev–Trinajstić information content (AvgIpc) is 2.47. The Morgan fingerprint density at radius 1 is 1.20 bits per heavy atom. The fourth-order valence-corrected chi connectivity index (χ4v) is 1.54. The predicted molar refractivity (Wildman–Crippen MR) is 58.4 cm³/mol. The average molecular weight is 223 g/mol. The highest BCUT2D eigenvalue weighted by Gasteiger charge is 2.07. The van der Waals surface area contributed by atoms with Gasteiger partial charge in [0.15, 0.2) is 10.6 Å². The topological polar surface area (TPSA) is 22.8 Å². The minimum atomic E-state index is -0.254. The molecule has 0 N–H and O–H groups in total. The van der Waals surface area contributed by atoms with Crippen molar-refractivity contribution in [1.82, 2.24) is 14.3 Å². The molecule has 0 fully saturated rings. The first-order valence-electron chi connectivity index (χ1n) is 4.45. The number of halogens is 1. The second kappa shape index (κ2) is 3.58. The van der Waals surface area contributed by atoms with Crippen molar-refractivity contribution < 1.29 is 4.39 Å². The van der Waals surface area contributed by atoms with Gasteiger partial charge < -0.3 is 4.57 Å². The summed E-state index contributed by atoms with van der Waals surface area (Å²) in [5.74, 6) is 0.485. The highest BCUT2D eigenvalue weighted by atomic mass is 32.1. The maximum absolute atomic E-state index is 12.7. The molecule has 1 aromatic heterocycles. The lowest BCUT2D eigenvalue weighted by Crippen LogP contribution is -1.92. The van der Waals surface area contributed by atoms with E-state index in [0.29, 0.717) is 4.77 Å². The fraction of sp³-hybridized carbons (Fsp3) is 0.200. The van der Waals surface area contributed by atoms with Crippen LogP contribution in [-0.2, 0) is 14.1 Å². The fourth-order valence-electron chi connectivity index (χ4n) is 1.41. The third-order valence-corrected chi connectivity index (χ3v) is 2.77. The molecule has 2 rings (SSSR count). The van der Waals surface area contributed by atoms with Gasteiger partial charge >= 0.3 is 0 Å². The van der Waals surface area contributed by atoms with E-state index in [1.807, 2.05) is 7.05 Å². The van der Waals surface area contributed by atoms with E-state index in [4.69, 9.17) is 12.2 Å². The van der Waals surface area contributed by atoms with Crippen LogP contribution in [0.25, 0.3) is 11.4 Å².